The van der Waals surface area contributed by atoms with Crippen LogP contribution in [0.5, 0.6) is 5.88 Å². The molecule has 0 saturated heterocycles. The fraction of sp³-hybridized carbons (Fsp3) is 0.812. The van der Waals surface area contributed by atoms with Gasteiger partial charge >= 0.3 is 0 Å². The number of aryl methyl sites for hydroxylation is 1. The molecule has 0 aliphatic heterocycles. The molecule has 0 aromatic carbocycles. The summed E-state index contributed by atoms with van der Waals surface area (Å²) in [7, 11) is 1.61. The highest BCUT2D eigenvalue weighted by atomic mass is 16.5. The highest BCUT2D eigenvalue weighted by molar-refractivity contribution is 5.22. The number of rotatable bonds is 4. The van der Waals surface area contributed by atoms with Crippen molar-refractivity contribution >= 4 is 0 Å². The van der Waals surface area contributed by atoms with E-state index in [-0.39, 0.29) is 0 Å². The summed E-state index contributed by atoms with van der Waals surface area (Å²) < 4.78 is 6.84. The van der Waals surface area contributed by atoms with E-state index in [1.165, 1.54) is 0 Å². The summed E-state index contributed by atoms with van der Waals surface area (Å²) in [5.41, 5.74) is 0.318. The average Bonchev–Trinajstić information content (AvgIpc) is 2.85. The Morgan fingerprint density at radius 2 is 1.60 bits per heavy atom. The van der Waals surface area contributed by atoms with Gasteiger partial charge in [-0.3, -0.25) is 4.68 Å². The van der Waals surface area contributed by atoms with Crippen LogP contribution in [0.1, 0.15) is 67.9 Å². The Morgan fingerprint density at radius 3 is 1.85 bits per heavy atom. The van der Waals surface area contributed by atoms with Crippen molar-refractivity contribution in [2.45, 2.75) is 80.9 Å². The van der Waals surface area contributed by atoms with E-state index in [1.54, 1.807) is 25.6 Å². The zero-order valence-corrected chi connectivity index (χ0v) is 15.2. The predicted octanol–water partition coefficient (Wildman–Crippen LogP) is 4.30. The monoisotopic (exact) mass is 288 g/mol. The Morgan fingerprint density at radius 1 is 1.15 bits per heavy atom. The molecule has 0 unspecified atom stereocenters. The topological polar surface area (TPSA) is 47.3 Å². The summed E-state index contributed by atoms with van der Waals surface area (Å²) in [6, 6.07) is 0. The fourth-order valence-corrected chi connectivity index (χ4v) is 1.34. The number of hydrogen-bond donors (Lipinski definition) is 1. The first kappa shape index (κ1) is 24.0. The van der Waals surface area contributed by atoms with Gasteiger partial charge in [-0.25, -0.2) is 0 Å². The summed E-state index contributed by atoms with van der Waals surface area (Å²) in [5, 5.41) is 13.8. The van der Waals surface area contributed by atoms with Crippen LogP contribution in [0.4, 0.5) is 0 Å². The van der Waals surface area contributed by atoms with Crippen LogP contribution < -0.4 is 4.74 Å². The maximum Gasteiger partial charge on any atom is 0.235 e. The van der Waals surface area contributed by atoms with Crippen LogP contribution in [0.15, 0.2) is 6.20 Å². The summed E-state index contributed by atoms with van der Waals surface area (Å²) in [4.78, 5) is 0. The molecular weight excluding hydrogens is 252 g/mol. The number of aromatic nitrogens is 2. The molecule has 0 atom stereocenters. The molecule has 122 valence electrons. The van der Waals surface area contributed by atoms with Crippen molar-refractivity contribution in [3.8, 4) is 5.88 Å². The van der Waals surface area contributed by atoms with Gasteiger partial charge in [0, 0.05) is 11.8 Å². The van der Waals surface area contributed by atoms with Gasteiger partial charge in [0.05, 0.1) is 19.3 Å². The lowest BCUT2D eigenvalue weighted by molar-refractivity contribution is 0.0574. The van der Waals surface area contributed by atoms with Crippen molar-refractivity contribution in [1.82, 2.24) is 9.78 Å². The minimum absolute atomic E-state index is 0.476. The van der Waals surface area contributed by atoms with Crippen LogP contribution in [-0.2, 0) is 13.0 Å². The first-order valence-electron chi connectivity index (χ1n) is 7.79. The Hall–Kier alpha value is -1.03. The molecule has 20 heavy (non-hydrogen) atoms. The lowest BCUT2D eigenvalue weighted by atomic mass is 10.1. The standard InChI is InChI=1S/C10H18N2O2.3C2H6/c1-5-8-6-12(7-10(2,3)13)11-9(8)14-4;3*1-2/h6,13H,5,7H2,1-4H3;3*1-2H3. The molecule has 0 radical (unpaired) electrons. The zero-order chi connectivity index (χ0) is 16.8. The van der Waals surface area contributed by atoms with Crippen LogP contribution in [-0.4, -0.2) is 27.6 Å². The Balaban J connectivity index is -0.000000425. The first-order chi connectivity index (χ1) is 9.46. The molecule has 0 spiro atoms. The van der Waals surface area contributed by atoms with Gasteiger partial charge in [0.1, 0.15) is 0 Å². The molecule has 0 fully saturated rings. The number of nitrogens with zero attached hydrogens (tertiary/aromatic N) is 2. The van der Waals surface area contributed by atoms with Crippen LogP contribution in [0.3, 0.4) is 0 Å². The third kappa shape index (κ3) is 10.9. The van der Waals surface area contributed by atoms with E-state index in [0.717, 1.165) is 12.0 Å². The van der Waals surface area contributed by atoms with Crippen LogP contribution in [0.25, 0.3) is 0 Å². The quantitative estimate of drug-likeness (QED) is 0.898. The molecule has 1 rings (SSSR count). The van der Waals surface area contributed by atoms with Gasteiger partial charge in [0.2, 0.25) is 5.88 Å². The lowest BCUT2D eigenvalue weighted by Gasteiger charge is -2.16. The molecule has 1 aromatic rings. The van der Waals surface area contributed by atoms with Gasteiger partial charge in [-0.15, -0.1) is 5.10 Å². The first-order valence-corrected chi connectivity index (χ1v) is 7.79. The molecule has 0 amide bonds. The Bertz CT molecular complexity index is 280. The molecular formula is C16H36N2O2. The van der Waals surface area contributed by atoms with Crippen molar-refractivity contribution < 1.29 is 9.84 Å². The van der Waals surface area contributed by atoms with Gasteiger partial charge in [0.25, 0.3) is 0 Å². The fourth-order valence-electron chi connectivity index (χ4n) is 1.34. The number of ether oxygens (including phenoxy) is 1. The third-order valence-corrected chi connectivity index (χ3v) is 1.92. The van der Waals surface area contributed by atoms with Crippen molar-refractivity contribution in [3.63, 3.8) is 0 Å². The molecule has 1 N–H and O–H groups in total. The van der Waals surface area contributed by atoms with Gasteiger partial charge in [-0.2, -0.15) is 0 Å². The second kappa shape index (κ2) is 14.4. The lowest BCUT2D eigenvalue weighted by Crippen LogP contribution is -2.26. The van der Waals surface area contributed by atoms with Crippen LogP contribution in [0.2, 0.25) is 0 Å². The van der Waals surface area contributed by atoms with Crippen molar-refractivity contribution in [3.05, 3.63) is 11.8 Å². The van der Waals surface area contributed by atoms with Crippen molar-refractivity contribution in [2.24, 2.45) is 0 Å². The second-order valence-corrected chi connectivity index (χ2v) is 4.03. The van der Waals surface area contributed by atoms with E-state index in [0.29, 0.717) is 12.4 Å². The average molecular weight is 288 g/mol. The van der Waals surface area contributed by atoms with E-state index in [2.05, 4.69) is 5.10 Å². The Kier molecular flexibility index (Phi) is 17.3. The summed E-state index contributed by atoms with van der Waals surface area (Å²) in [5.74, 6) is 0.650. The minimum Gasteiger partial charge on any atom is -0.480 e. The normalized spacial score (nSPS) is 9.15. The Labute approximate surface area is 126 Å². The maximum absolute atomic E-state index is 9.61. The second-order valence-electron chi connectivity index (χ2n) is 4.03. The highest BCUT2D eigenvalue weighted by Crippen LogP contribution is 2.17. The van der Waals surface area contributed by atoms with E-state index >= 15 is 0 Å². The molecule has 4 nitrogen and oxygen atoms in total. The van der Waals surface area contributed by atoms with E-state index in [9.17, 15) is 5.11 Å². The van der Waals surface area contributed by atoms with Gasteiger partial charge in [-0.1, -0.05) is 48.5 Å². The minimum atomic E-state index is -0.748. The molecule has 1 aromatic heterocycles. The summed E-state index contributed by atoms with van der Waals surface area (Å²) in [6.07, 6.45) is 2.80. The van der Waals surface area contributed by atoms with Gasteiger partial charge in [0.15, 0.2) is 0 Å². The van der Waals surface area contributed by atoms with E-state index < -0.39 is 5.60 Å². The van der Waals surface area contributed by atoms with E-state index in [1.807, 2.05) is 54.7 Å². The predicted molar refractivity (Wildman–Crippen MR) is 88.5 cm³/mol. The summed E-state index contributed by atoms with van der Waals surface area (Å²) >= 11 is 0. The molecule has 4 heteroatoms. The van der Waals surface area contributed by atoms with Gasteiger partial charge in [-0.05, 0) is 20.3 Å². The van der Waals surface area contributed by atoms with Gasteiger partial charge < -0.3 is 9.84 Å². The van der Waals surface area contributed by atoms with E-state index in [4.69, 9.17) is 4.74 Å². The highest BCUT2D eigenvalue weighted by Gasteiger charge is 2.16. The van der Waals surface area contributed by atoms with Crippen molar-refractivity contribution in [2.75, 3.05) is 7.11 Å². The third-order valence-electron chi connectivity index (χ3n) is 1.92. The smallest absolute Gasteiger partial charge is 0.235 e. The summed E-state index contributed by atoms with van der Waals surface area (Å²) in [6.45, 7) is 18.0. The molecule has 1 heterocycles. The number of hydrogen-bond acceptors (Lipinski definition) is 3. The molecule has 0 saturated carbocycles. The van der Waals surface area contributed by atoms with Crippen LogP contribution >= 0.6 is 0 Å². The molecule has 0 aliphatic rings. The zero-order valence-electron chi connectivity index (χ0n) is 15.2. The molecule has 0 aliphatic carbocycles. The largest absolute Gasteiger partial charge is 0.480 e. The number of aliphatic hydroxyl groups is 1. The maximum atomic E-state index is 9.61. The van der Waals surface area contributed by atoms with Crippen LogP contribution in [0, 0.1) is 0 Å². The molecule has 0 bridgehead atoms. The number of methoxy groups -OCH3 is 1. The SMILES string of the molecule is CC.CC.CC.CCc1cn(CC(C)(C)O)nc1OC. The van der Waals surface area contributed by atoms with Crippen molar-refractivity contribution in [1.29, 1.82) is 0 Å².